The molecule has 2 rings (SSSR count). The topological polar surface area (TPSA) is 90.4 Å². The standard InChI is InChI=1S/C12H15N3O4/c1-4-15-8(6-7(3)14-15)10-13-9(11(16)17)12(19-10)18-5-2/h6H,4-5H2,1-3H3,(H,16,17). The van der Waals surface area contributed by atoms with Crippen molar-refractivity contribution in [2.45, 2.75) is 27.3 Å². The van der Waals surface area contributed by atoms with E-state index in [4.69, 9.17) is 14.3 Å². The maximum absolute atomic E-state index is 11.1. The highest BCUT2D eigenvalue weighted by Crippen LogP contribution is 2.28. The number of nitrogens with zero attached hydrogens (tertiary/aromatic N) is 3. The van der Waals surface area contributed by atoms with Gasteiger partial charge >= 0.3 is 11.9 Å². The molecule has 2 aromatic rings. The molecule has 0 radical (unpaired) electrons. The minimum Gasteiger partial charge on any atom is -0.476 e. The molecule has 7 heteroatoms. The van der Waals surface area contributed by atoms with Crippen LogP contribution in [0.2, 0.25) is 0 Å². The molecule has 0 spiro atoms. The molecular weight excluding hydrogens is 250 g/mol. The van der Waals surface area contributed by atoms with Crippen LogP contribution in [-0.2, 0) is 6.54 Å². The van der Waals surface area contributed by atoms with Crippen LogP contribution in [-0.4, -0.2) is 32.4 Å². The number of aryl methyl sites for hydroxylation is 2. The van der Waals surface area contributed by atoms with Crippen molar-refractivity contribution >= 4 is 5.97 Å². The Hall–Kier alpha value is -2.31. The van der Waals surface area contributed by atoms with Gasteiger partial charge in [-0.25, -0.2) is 4.79 Å². The molecule has 0 bridgehead atoms. The van der Waals surface area contributed by atoms with E-state index in [1.807, 2.05) is 13.8 Å². The fourth-order valence-electron chi connectivity index (χ4n) is 1.74. The summed E-state index contributed by atoms with van der Waals surface area (Å²) in [5, 5.41) is 13.3. The maximum atomic E-state index is 11.1. The van der Waals surface area contributed by atoms with Crippen LogP contribution in [0.15, 0.2) is 10.5 Å². The summed E-state index contributed by atoms with van der Waals surface area (Å²) in [4.78, 5) is 15.0. The van der Waals surface area contributed by atoms with Crippen molar-refractivity contribution in [2.24, 2.45) is 0 Å². The van der Waals surface area contributed by atoms with Crippen LogP contribution >= 0.6 is 0 Å². The van der Waals surface area contributed by atoms with Gasteiger partial charge in [-0.3, -0.25) is 4.68 Å². The zero-order valence-corrected chi connectivity index (χ0v) is 11.0. The Bertz CT molecular complexity index is 600. The van der Waals surface area contributed by atoms with Gasteiger partial charge in [-0.2, -0.15) is 10.1 Å². The van der Waals surface area contributed by atoms with E-state index in [-0.39, 0.29) is 17.5 Å². The number of aromatic nitrogens is 3. The first-order chi connectivity index (χ1) is 9.06. The van der Waals surface area contributed by atoms with Gasteiger partial charge in [0.2, 0.25) is 11.6 Å². The molecule has 2 aromatic heterocycles. The van der Waals surface area contributed by atoms with Gasteiger partial charge in [0.15, 0.2) is 0 Å². The number of carboxylic acids is 1. The molecule has 7 nitrogen and oxygen atoms in total. The first-order valence-electron chi connectivity index (χ1n) is 5.98. The average molecular weight is 265 g/mol. The molecule has 0 aromatic carbocycles. The van der Waals surface area contributed by atoms with E-state index in [0.29, 0.717) is 18.8 Å². The summed E-state index contributed by atoms with van der Waals surface area (Å²) in [7, 11) is 0. The highest BCUT2D eigenvalue weighted by Gasteiger charge is 2.23. The molecule has 0 saturated carbocycles. The third kappa shape index (κ3) is 2.44. The summed E-state index contributed by atoms with van der Waals surface area (Å²) in [6.07, 6.45) is 0. The third-order valence-electron chi connectivity index (χ3n) is 2.49. The molecule has 2 heterocycles. The summed E-state index contributed by atoms with van der Waals surface area (Å²) in [5.74, 6) is -1.06. The Morgan fingerprint density at radius 2 is 2.26 bits per heavy atom. The molecule has 0 aliphatic heterocycles. The SMILES string of the molecule is CCOc1oc(-c2cc(C)nn2CC)nc1C(=O)O. The fourth-order valence-corrected chi connectivity index (χ4v) is 1.74. The number of ether oxygens (including phenoxy) is 1. The van der Waals surface area contributed by atoms with Crippen LogP contribution in [0.4, 0.5) is 0 Å². The van der Waals surface area contributed by atoms with Crippen molar-refractivity contribution in [1.82, 2.24) is 14.8 Å². The summed E-state index contributed by atoms with van der Waals surface area (Å²) in [6.45, 7) is 6.47. The predicted molar refractivity (Wildman–Crippen MR) is 66.3 cm³/mol. The van der Waals surface area contributed by atoms with Crippen LogP contribution in [0.1, 0.15) is 30.0 Å². The second-order valence-electron chi connectivity index (χ2n) is 3.88. The molecule has 0 saturated heterocycles. The zero-order valence-electron chi connectivity index (χ0n) is 11.0. The smallest absolute Gasteiger partial charge is 0.362 e. The van der Waals surface area contributed by atoms with Gasteiger partial charge in [0, 0.05) is 6.54 Å². The first-order valence-corrected chi connectivity index (χ1v) is 5.98. The Labute approximate surface area is 109 Å². The van der Waals surface area contributed by atoms with Crippen LogP contribution in [0.5, 0.6) is 5.95 Å². The van der Waals surface area contributed by atoms with Gasteiger partial charge in [0.25, 0.3) is 0 Å². The average Bonchev–Trinajstić information content (AvgIpc) is 2.93. The van der Waals surface area contributed by atoms with Crippen molar-refractivity contribution in [1.29, 1.82) is 0 Å². The van der Waals surface area contributed by atoms with Crippen molar-refractivity contribution in [2.75, 3.05) is 6.61 Å². The van der Waals surface area contributed by atoms with Crippen molar-refractivity contribution in [3.05, 3.63) is 17.5 Å². The minimum absolute atomic E-state index is 0.0773. The second-order valence-corrected chi connectivity index (χ2v) is 3.88. The van der Waals surface area contributed by atoms with Crippen LogP contribution in [0.3, 0.4) is 0 Å². The normalized spacial score (nSPS) is 10.7. The lowest BCUT2D eigenvalue weighted by Crippen LogP contribution is -2.02. The number of carboxylic acid groups (broad SMARTS) is 1. The number of aromatic carboxylic acids is 1. The second kappa shape index (κ2) is 5.13. The largest absolute Gasteiger partial charge is 0.476 e. The maximum Gasteiger partial charge on any atom is 0.362 e. The Balaban J connectivity index is 2.50. The van der Waals surface area contributed by atoms with Crippen LogP contribution < -0.4 is 4.74 Å². The van der Waals surface area contributed by atoms with E-state index in [1.165, 1.54) is 0 Å². The molecular formula is C12H15N3O4. The van der Waals surface area contributed by atoms with E-state index >= 15 is 0 Å². The molecule has 0 fully saturated rings. The van der Waals surface area contributed by atoms with Crippen LogP contribution in [0, 0.1) is 6.92 Å². The predicted octanol–water partition coefficient (Wildman–Crippen LogP) is 1.96. The number of hydrogen-bond acceptors (Lipinski definition) is 5. The number of oxazole rings is 1. The zero-order chi connectivity index (χ0) is 14.0. The van der Waals surface area contributed by atoms with Gasteiger partial charge < -0.3 is 14.3 Å². The fraction of sp³-hybridized carbons (Fsp3) is 0.417. The van der Waals surface area contributed by atoms with Crippen molar-refractivity contribution in [3.8, 4) is 17.5 Å². The van der Waals surface area contributed by atoms with E-state index in [2.05, 4.69) is 10.1 Å². The summed E-state index contributed by atoms with van der Waals surface area (Å²) in [5.41, 5.74) is 1.22. The highest BCUT2D eigenvalue weighted by atomic mass is 16.6. The molecule has 0 atom stereocenters. The Kier molecular flexibility index (Phi) is 3.55. The molecule has 0 unspecified atom stereocenters. The molecule has 19 heavy (non-hydrogen) atoms. The molecule has 0 amide bonds. The van der Waals surface area contributed by atoms with Gasteiger partial charge in [-0.15, -0.1) is 0 Å². The monoisotopic (exact) mass is 265 g/mol. The lowest BCUT2D eigenvalue weighted by Gasteiger charge is -1.99. The van der Waals surface area contributed by atoms with E-state index in [0.717, 1.165) is 5.69 Å². The number of hydrogen-bond donors (Lipinski definition) is 1. The van der Waals surface area contributed by atoms with Gasteiger partial charge in [0.1, 0.15) is 5.69 Å². The van der Waals surface area contributed by atoms with Crippen molar-refractivity contribution < 1.29 is 19.1 Å². The first kappa shape index (κ1) is 13.1. The van der Waals surface area contributed by atoms with Gasteiger partial charge in [-0.1, -0.05) is 0 Å². The summed E-state index contributed by atoms with van der Waals surface area (Å²) in [6, 6.07) is 1.79. The highest BCUT2D eigenvalue weighted by molar-refractivity contribution is 5.88. The van der Waals surface area contributed by atoms with E-state index in [1.54, 1.807) is 17.7 Å². The quantitative estimate of drug-likeness (QED) is 0.888. The lowest BCUT2D eigenvalue weighted by molar-refractivity contribution is 0.0683. The minimum atomic E-state index is -1.18. The van der Waals surface area contributed by atoms with Crippen LogP contribution in [0.25, 0.3) is 11.6 Å². The molecule has 0 aliphatic carbocycles. The molecule has 1 N–H and O–H groups in total. The van der Waals surface area contributed by atoms with Gasteiger partial charge in [-0.05, 0) is 26.8 Å². The molecule has 0 aliphatic rings. The summed E-state index contributed by atoms with van der Waals surface area (Å²) < 4.78 is 12.2. The number of carbonyl (C=O) groups is 1. The Morgan fingerprint density at radius 3 is 2.84 bits per heavy atom. The van der Waals surface area contributed by atoms with E-state index < -0.39 is 5.97 Å². The summed E-state index contributed by atoms with van der Waals surface area (Å²) >= 11 is 0. The Morgan fingerprint density at radius 1 is 1.53 bits per heavy atom. The third-order valence-corrected chi connectivity index (χ3v) is 2.49. The number of rotatable bonds is 5. The lowest BCUT2D eigenvalue weighted by atomic mass is 10.3. The molecule has 102 valence electrons. The van der Waals surface area contributed by atoms with Crippen molar-refractivity contribution in [3.63, 3.8) is 0 Å². The van der Waals surface area contributed by atoms with E-state index in [9.17, 15) is 4.79 Å². The van der Waals surface area contributed by atoms with Gasteiger partial charge in [0.05, 0.1) is 12.3 Å².